The third kappa shape index (κ3) is 11.1. The molecule has 39 heavy (non-hydrogen) atoms. The Morgan fingerprint density at radius 1 is 0.615 bits per heavy atom. The predicted octanol–water partition coefficient (Wildman–Crippen LogP) is 10.5. The van der Waals surface area contributed by atoms with Gasteiger partial charge in [-0.05, 0) is 12.8 Å². The lowest BCUT2D eigenvalue weighted by Gasteiger charge is -2.13. The zero-order valence-corrected chi connectivity index (χ0v) is 24.5. The van der Waals surface area contributed by atoms with Gasteiger partial charge in [-0.2, -0.15) is 0 Å². The summed E-state index contributed by atoms with van der Waals surface area (Å²) in [6.45, 7) is 5.75. The van der Waals surface area contributed by atoms with Crippen molar-refractivity contribution in [2.24, 2.45) is 0 Å². The Balaban J connectivity index is 1.62. The Bertz CT molecular complexity index is 1120. The van der Waals surface area contributed by atoms with Crippen molar-refractivity contribution in [1.29, 1.82) is 0 Å². The average molecular weight is 535 g/mol. The SMILES string of the molecule is CCCCCCCCCCCOc1cc(OCCCCCCCCC)cc2oc(-c3ccccc3)cc(=O)c12. The summed E-state index contributed by atoms with van der Waals surface area (Å²) in [6, 6.07) is 15.0. The number of fused-ring (bicyclic) bond motifs is 1. The van der Waals surface area contributed by atoms with Crippen molar-refractivity contribution in [1.82, 2.24) is 0 Å². The number of unbranched alkanes of at least 4 members (excludes halogenated alkanes) is 14. The van der Waals surface area contributed by atoms with Crippen LogP contribution in [0.3, 0.4) is 0 Å². The van der Waals surface area contributed by atoms with Gasteiger partial charge in [-0.1, -0.05) is 134 Å². The third-order valence-electron chi connectivity index (χ3n) is 7.35. The summed E-state index contributed by atoms with van der Waals surface area (Å²) in [4.78, 5) is 13.2. The fourth-order valence-corrected chi connectivity index (χ4v) is 5.01. The molecule has 0 unspecified atom stereocenters. The molecule has 0 saturated heterocycles. The van der Waals surface area contributed by atoms with E-state index in [9.17, 15) is 4.79 Å². The Hall–Kier alpha value is -2.75. The van der Waals surface area contributed by atoms with E-state index in [1.807, 2.05) is 42.5 Å². The van der Waals surface area contributed by atoms with Gasteiger partial charge in [0, 0.05) is 23.8 Å². The van der Waals surface area contributed by atoms with Gasteiger partial charge in [-0.25, -0.2) is 0 Å². The second-order valence-corrected chi connectivity index (χ2v) is 10.8. The highest BCUT2D eigenvalue weighted by Gasteiger charge is 2.15. The molecule has 0 amide bonds. The van der Waals surface area contributed by atoms with Gasteiger partial charge in [0.05, 0.1) is 13.2 Å². The van der Waals surface area contributed by atoms with Crippen LogP contribution in [0, 0.1) is 0 Å². The highest BCUT2D eigenvalue weighted by molar-refractivity contribution is 5.86. The first kappa shape index (κ1) is 30.8. The summed E-state index contributed by atoms with van der Waals surface area (Å²) in [5.74, 6) is 1.82. The summed E-state index contributed by atoms with van der Waals surface area (Å²) >= 11 is 0. The Kier molecular flexibility index (Phi) is 14.6. The first-order valence-electron chi connectivity index (χ1n) is 15.7. The Morgan fingerprint density at radius 2 is 1.15 bits per heavy atom. The minimum absolute atomic E-state index is 0.0872. The van der Waals surface area contributed by atoms with Gasteiger partial charge in [0.2, 0.25) is 0 Å². The van der Waals surface area contributed by atoms with Gasteiger partial charge in [0.1, 0.15) is 28.2 Å². The zero-order chi connectivity index (χ0) is 27.5. The molecule has 0 aliphatic rings. The molecular formula is C35H50O4. The monoisotopic (exact) mass is 534 g/mol. The number of hydrogen-bond donors (Lipinski definition) is 0. The molecule has 3 aromatic rings. The highest BCUT2D eigenvalue weighted by Crippen LogP contribution is 2.32. The zero-order valence-electron chi connectivity index (χ0n) is 24.5. The first-order valence-corrected chi connectivity index (χ1v) is 15.7. The lowest BCUT2D eigenvalue weighted by molar-refractivity contribution is 0.291. The van der Waals surface area contributed by atoms with Crippen LogP contribution in [0.2, 0.25) is 0 Å². The topological polar surface area (TPSA) is 48.7 Å². The second kappa shape index (κ2) is 18.5. The number of hydrogen-bond acceptors (Lipinski definition) is 4. The minimum Gasteiger partial charge on any atom is -0.493 e. The molecule has 2 aromatic carbocycles. The molecule has 0 atom stereocenters. The van der Waals surface area contributed by atoms with Crippen LogP contribution in [0.1, 0.15) is 117 Å². The van der Waals surface area contributed by atoms with E-state index in [0.29, 0.717) is 41.4 Å². The van der Waals surface area contributed by atoms with Gasteiger partial charge < -0.3 is 13.9 Å². The molecule has 0 aliphatic heterocycles. The largest absolute Gasteiger partial charge is 0.493 e. The molecule has 0 N–H and O–H groups in total. The molecule has 0 radical (unpaired) electrons. The van der Waals surface area contributed by atoms with E-state index in [-0.39, 0.29) is 5.43 Å². The second-order valence-electron chi connectivity index (χ2n) is 10.8. The maximum absolute atomic E-state index is 13.2. The van der Waals surface area contributed by atoms with Crippen LogP contribution in [-0.4, -0.2) is 13.2 Å². The normalized spacial score (nSPS) is 11.2. The molecule has 4 nitrogen and oxygen atoms in total. The highest BCUT2D eigenvalue weighted by atomic mass is 16.5. The minimum atomic E-state index is -0.0872. The lowest BCUT2D eigenvalue weighted by Crippen LogP contribution is -2.06. The molecule has 1 heterocycles. The van der Waals surface area contributed by atoms with Crippen LogP contribution in [0.4, 0.5) is 0 Å². The Morgan fingerprint density at radius 3 is 1.74 bits per heavy atom. The molecule has 0 bridgehead atoms. The van der Waals surface area contributed by atoms with E-state index in [4.69, 9.17) is 13.9 Å². The van der Waals surface area contributed by atoms with Crippen molar-refractivity contribution in [3.05, 3.63) is 58.8 Å². The van der Waals surface area contributed by atoms with Gasteiger partial charge in [0.15, 0.2) is 5.43 Å². The predicted molar refractivity (Wildman–Crippen MR) is 164 cm³/mol. The summed E-state index contributed by atoms with van der Waals surface area (Å²) in [7, 11) is 0. The van der Waals surface area contributed by atoms with Crippen molar-refractivity contribution >= 4 is 11.0 Å². The number of ether oxygens (including phenoxy) is 2. The van der Waals surface area contributed by atoms with Crippen molar-refractivity contribution in [2.75, 3.05) is 13.2 Å². The number of rotatable bonds is 21. The summed E-state index contributed by atoms with van der Waals surface area (Å²) in [5, 5.41) is 0.494. The summed E-state index contributed by atoms with van der Waals surface area (Å²) in [6.07, 6.45) is 20.0. The van der Waals surface area contributed by atoms with E-state index in [2.05, 4.69) is 13.8 Å². The Labute approximate surface area is 236 Å². The van der Waals surface area contributed by atoms with Gasteiger partial charge in [-0.3, -0.25) is 4.79 Å². The van der Waals surface area contributed by atoms with E-state index in [0.717, 1.165) is 24.8 Å². The summed E-state index contributed by atoms with van der Waals surface area (Å²) in [5.41, 5.74) is 1.30. The number of benzene rings is 2. The standard InChI is InChI=1S/C35H50O4/c1-3-5-7-9-11-12-14-16-21-25-38-33-26-30(37-24-20-15-13-10-8-6-4-2)27-34-35(33)31(36)28-32(39-34)29-22-18-17-19-23-29/h17-19,22-23,26-28H,3-16,20-21,24-25H2,1-2H3. The van der Waals surface area contributed by atoms with Gasteiger partial charge >= 0.3 is 0 Å². The molecule has 4 heteroatoms. The van der Waals surface area contributed by atoms with E-state index in [1.54, 1.807) is 6.07 Å². The molecule has 1 aromatic heterocycles. The quantitative estimate of drug-likeness (QED) is 0.128. The maximum Gasteiger partial charge on any atom is 0.197 e. The van der Waals surface area contributed by atoms with Gasteiger partial charge in [0.25, 0.3) is 0 Å². The maximum atomic E-state index is 13.2. The van der Waals surface area contributed by atoms with Crippen molar-refractivity contribution in [3.63, 3.8) is 0 Å². The van der Waals surface area contributed by atoms with Crippen LogP contribution in [-0.2, 0) is 0 Å². The molecular weight excluding hydrogens is 484 g/mol. The third-order valence-corrected chi connectivity index (χ3v) is 7.35. The van der Waals surface area contributed by atoms with E-state index < -0.39 is 0 Å². The van der Waals surface area contributed by atoms with Crippen molar-refractivity contribution in [3.8, 4) is 22.8 Å². The van der Waals surface area contributed by atoms with E-state index in [1.165, 1.54) is 83.5 Å². The van der Waals surface area contributed by atoms with Crippen LogP contribution < -0.4 is 14.9 Å². The molecule has 3 rings (SSSR count). The van der Waals surface area contributed by atoms with Gasteiger partial charge in [-0.15, -0.1) is 0 Å². The van der Waals surface area contributed by atoms with E-state index >= 15 is 0 Å². The van der Waals surface area contributed by atoms with Crippen LogP contribution in [0.25, 0.3) is 22.3 Å². The molecule has 0 spiro atoms. The van der Waals surface area contributed by atoms with Crippen LogP contribution in [0.15, 0.2) is 57.7 Å². The average Bonchev–Trinajstić information content (AvgIpc) is 2.95. The summed E-state index contributed by atoms with van der Waals surface area (Å²) < 4.78 is 18.5. The first-order chi connectivity index (χ1) is 19.2. The van der Waals surface area contributed by atoms with Crippen LogP contribution >= 0.6 is 0 Å². The smallest absolute Gasteiger partial charge is 0.197 e. The molecule has 214 valence electrons. The van der Waals surface area contributed by atoms with Crippen molar-refractivity contribution < 1.29 is 13.9 Å². The molecule has 0 fully saturated rings. The molecule has 0 aliphatic carbocycles. The fourth-order valence-electron chi connectivity index (χ4n) is 5.01. The van der Waals surface area contributed by atoms with Crippen molar-refractivity contribution in [2.45, 2.75) is 117 Å². The fraction of sp³-hybridized carbons (Fsp3) is 0.571. The molecule has 0 saturated carbocycles. The lowest BCUT2D eigenvalue weighted by atomic mass is 10.1. The van der Waals surface area contributed by atoms with Crippen LogP contribution in [0.5, 0.6) is 11.5 Å².